The summed E-state index contributed by atoms with van der Waals surface area (Å²) in [5, 5.41) is 2.85. The highest BCUT2D eigenvalue weighted by atomic mass is 16.5. The van der Waals surface area contributed by atoms with Crippen molar-refractivity contribution in [1.29, 1.82) is 0 Å². The number of rotatable bonds is 3. The SMILES string of the molecule is COc1ccc2c(c1)C(C(=O)N1CCN(c3ncccc3C)CC1)CC(=O)N2. The second-order valence-electron chi connectivity index (χ2n) is 7.21. The molecule has 3 heterocycles. The first-order valence-electron chi connectivity index (χ1n) is 9.50. The van der Waals surface area contributed by atoms with E-state index in [2.05, 4.69) is 15.2 Å². The van der Waals surface area contributed by atoms with Crippen LogP contribution < -0.4 is 15.0 Å². The van der Waals surface area contributed by atoms with Crippen molar-refractivity contribution >= 4 is 23.3 Å². The van der Waals surface area contributed by atoms with E-state index in [0.717, 1.165) is 30.0 Å². The largest absolute Gasteiger partial charge is 0.497 e. The lowest BCUT2D eigenvalue weighted by molar-refractivity contribution is -0.135. The van der Waals surface area contributed by atoms with Gasteiger partial charge in [0, 0.05) is 44.5 Å². The molecule has 2 aliphatic heterocycles. The van der Waals surface area contributed by atoms with Crippen molar-refractivity contribution in [3.63, 3.8) is 0 Å². The highest BCUT2D eigenvalue weighted by molar-refractivity contribution is 6.01. The number of piperazine rings is 1. The van der Waals surface area contributed by atoms with Crippen molar-refractivity contribution < 1.29 is 14.3 Å². The van der Waals surface area contributed by atoms with E-state index in [1.165, 1.54) is 0 Å². The molecule has 7 nitrogen and oxygen atoms in total. The molecule has 146 valence electrons. The number of amides is 2. The van der Waals surface area contributed by atoms with Crippen molar-refractivity contribution in [1.82, 2.24) is 9.88 Å². The number of pyridine rings is 1. The second-order valence-corrected chi connectivity index (χ2v) is 7.21. The standard InChI is InChI=1S/C21H24N4O3/c1-14-4-3-7-22-20(14)24-8-10-25(11-9-24)21(27)17-13-19(26)23-18-6-5-15(28-2)12-16(17)18/h3-7,12,17H,8-11,13H2,1-2H3,(H,23,26). The van der Waals surface area contributed by atoms with E-state index in [1.54, 1.807) is 25.4 Å². The number of hydrogen-bond donors (Lipinski definition) is 1. The molecule has 2 amide bonds. The number of fused-ring (bicyclic) bond motifs is 1. The van der Waals surface area contributed by atoms with Gasteiger partial charge >= 0.3 is 0 Å². The Balaban J connectivity index is 1.50. The van der Waals surface area contributed by atoms with E-state index in [4.69, 9.17) is 4.74 Å². The summed E-state index contributed by atoms with van der Waals surface area (Å²) in [6.07, 6.45) is 1.96. The fraction of sp³-hybridized carbons (Fsp3) is 0.381. The van der Waals surface area contributed by atoms with Gasteiger partial charge in [-0.1, -0.05) is 6.07 Å². The highest BCUT2D eigenvalue weighted by Gasteiger charge is 2.35. The monoisotopic (exact) mass is 380 g/mol. The lowest BCUT2D eigenvalue weighted by atomic mass is 9.89. The zero-order chi connectivity index (χ0) is 19.7. The van der Waals surface area contributed by atoms with Gasteiger partial charge in [-0.15, -0.1) is 0 Å². The molecule has 1 N–H and O–H groups in total. The van der Waals surface area contributed by atoms with Crippen molar-refractivity contribution in [2.75, 3.05) is 43.5 Å². The van der Waals surface area contributed by atoms with Crippen LogP contribution in [0.2, 0.25) is 0 Å². The van der Waals surface area contributed by atoms with Crippen molar-refractivity contribution in [3.8, 4) is 5.75 Å². The Bertz CT molecular complexity index is 906. The number of carbonyl (C=O) groups is 2. The lowest BCUT2D eigenvalue weighted by Crippen LogP contribution is -2.51. The van der Waals surface area contributed by atoms with E-state index in [-0.39, 0.29) is 18.2 Å². The number of aromatic nitrogens is 1. The Labute approximate surface area is 164 Å². The summed E-state index contributed by atoms with van der Waals surface area (Å²) in [6, 6.07) is 9.42. The molecule has 0 spiro atoms. The molecule has 0 bridgehead atoms. The number of methoxy groups -OCH3 is 1. The van der Waals surface area contributed by atoms with Gasteiger partial charge in [0.15, 0.2) is 0 Å². The van der Waals surface area contributed by atoms with Crippen molar-refractivity contribution in [2.45, 2.75) is 19.3 Å². The molecule has 28 heavy (non-hydrogen) atoms. The number of aryl methyl sites for hydroxylation is 1. The highest BCUT2D eigenvalue weighted by Crippen LogP contribution is 2.36. The minimum Gasteiger partial charge on any atom is -0.497 e. The van der Waals surface area contributed by atoms with Crippen molar-refractivity contribution in [3.05, 3.63) is 47.7 Å². The fourth-order valence-electron chi connectivity index (χ4n) is 3.95. The summed E-state index contributed by atoms with van der Waals surface area (Å²) < 4.78 is 5.30. The second kappa shape index (κ2) is 7.50. The predicted molar refractivity (Wildman–Crippen MR) is 107 cm³/mol. The van der Waals surface area contributed by atoms with Gasteiger partial charge in [0.05, 0.1) is 13.0 Å². The molecule has 1 atom stereocenters. The molecule has 2 aromatic rings. The van der Waals surface area contributed by atoms with Gasteiger partial charge in [0.2, 0.25) is 11.8 Å². The molecule has 1 aromatic carbocycles. The summed E-state index contributed by atoms with van der Waals surface area (Å²) in [6.45, 7) is 4.74. The molecule has 1 unspecified atom stereocenters. The van der Waals surface area contributed by atoms with Gasteiger partial charge in [0.1, 0.15) is 11.6 Å². The summed E-state index contributed by atoms with van der Waals surface area (Å²) in [7, 11) is 1.60. The van der Waals surface area contributed by atoms with Crippen LogP contribution in [-0.4, -0.2) is 55.0 Å². The van der Waals surface area contributed by atoms with Crippen LogP contribution in [0.1, 0.15) is 23.5 Å². The Kier molecular flexibility index (Phi) is 4.90. The number of ether oxygens (including phenoxy) is 1. The molecule has 1 aromatic heterocycles. The van der Waals surface area contributed by atoms with E-state index < -0.39 is 5.92 Å². The van der Waals surface area contributed by atoms with Crippen LogP contribution in [0.5, 0.6) is 5.75 Å². The van der Waals surface area contributed by atoms with E-state index in [1.807, 2.05) is 30.0 Å². The lowest BCUT2D eigenvalue weighted by Gasteiger charge is -2.38. The third-order valence-electron chi connectivity index (χ3n) is 5.47. The quantitative estimate of drug-likeness (QED) is 0.883. The molecule has 0 radical (unpaired) electrons. The number of carbonyl (C=O) groups excluding carboxylic acids is 2. The Hall–Kier alpha value is -3.09. The van der Waals surface area contributed by atoms with Gasteiger partial charge < -0.3 is 19.9 Å². The Morgan fingerprint density at radius 2 is 2.00 bits per heavy atom. The third-order valence-corrected chi connectivity index (χ3v) is 5.47. The topological polar surface area (TPSA) is 74.8 Å². The maximum atomic E-state index is 13.2. The van der Waals surface area contributed by atoms with Gasteiger partial charge in [-0.3, -0.25) is 9.59 Å². The average molecular weight is 380 g/mol. The van der Waals surface area contributed by atoms with Crippen LogP contribution in [0.15, 0.2) is 36.5 Å². The van der Waals surface area contributed by atoms with E-state index in [9.17, 15) is 9.59 Å². The van der Waals surface area contributed by atoms with Crippen LogP contribution in [0.3, 0.4) is 0 Å². The minimum atomic E-state index is -0.470. The number of nitrogens with one attached hydrogen (secondary N) is 1. The van der Waals surface area contributed by atoms with E-state index in [0.29, 0.717) is 24.5 Å². The number of nitrogens with zero attached hydrogens (tertiary/aromatic N) is 3. The zero-order valence-electron chi connectivity index (χ0n) is 16.1. The first-order valence-corrected chi connectivity index (χ1v) is 9.50. The number of anilines is 2. The normalized spacial score (nSPS) is 19.1. The van der Waals surface area contributed by atoms with Crippen molar-refractivity contribution in [2.24, 2.45) is 0 Å². The molecule has 2 aliphatic rings. The summed E-state index contributed by atoms with van der Waals surface area (Å²) in [4.78, 5) is 33.9. The van der Waals surface area contributed by atoms with E-state index >= 15 is 0 Å². The maximum absolute atomic E-state index is 13.2. The molecule has 0 aliphatic carbocycles. The zero-order valence-corrected chi connectivity index (χ0v) is 16.1. The first-order chi connectivity index (χ1) is 13.6. The first kappa shape index (κ1) is 18.3. The predicted octanol–water partition coefficient (Wildman–Crippen LogP) is 2.17. The summed E-state index contributed by atoms with van der Waals surface area (Å²) in [5.74, 6) is 1.06. The third kappa shape index (κ3) is 3.40. The average Bonchev–Trinajstić information content (AvgIpc) is 2.73. The van der Waals surface area contributed by atoms with Crippen LogP contribution in [0.4, 0.5) is 11.5 Å². The maximum Gasteiger partial charge on any atom is 0.230 e. The molecule has 0 saturated carbocycles. The van der Waals surface area contributed by atoms with Crippen LogP contribution >= 0.6 is 0 Å². The summed E-state index contributed by atoms with van der Waals surface area (Å²) in [5.41, 5.74) is 2.65. The summed E-state index contributed by atoms with van der Waals surface area (Å²) >= 11 is 0. The van der Waals surface area contributed by atoms with Crippen LogP contribution in [0.25, 0.3) is 0 Å². The van der Waals surface area contributed by atoms with Crippen LogP contribution in [-0.2, 0) is 9.59 Å². The smallest absolute Gasteiger partial charge is 0.230 e. The van der Waals surface area contributed by atoms with Gasteiger partial charge in [0.25, 0.3) is 0 Å². The molecular formula is C21H24N4O3. The van der Waals surface area contributed by atoms with Gasteiger partial charge in [-0.2, -0.15) is 0 Å². The molecule has 1 saturated heterocycles. The minimum absolute atomic E-state index is 0.00162. The number of benzene rings is 1. The Morgan fingerprint density at radius 3 is 2.71 bits per heavy atom. The molecule has 4 rings (SSSR count). The number of hydrogen-bond acceptors (Lipinski definition) is 5. The molecule has 1 fully saturated rings. The molecule has 7 heteroatoms. The van der Waals surface area contributed by atoms with Crippen LogP contribution in [0, 0.1) is 6.92 Å². The Morgan fingerprint density at radius 1 is 1.21 bits per heavy atom. The van der Waals surface area contributed by atoms with Gasteiger partial charge in [-0.25, -0.2) is 4.98 Å². The fourth-order valence-corrected chi connectivity index (χ4v) is 3.95. The van der Waals surface area contributed by atoms with Gasteiger partial charge in [-0.05, 0) is 42.3 Å². The molecular weight excluding hydrogens is 356 g/mol.